The Hall–Kier alpha value is -1.55. The molecule has 0 spiro atoms. The number of benzene rings is 1. The van der Waals surface area contributed by atoms with Gasteiger partial charge in [-0.3, -0.25) is 9.69 Å². The van der Waals surface area contributed by atoms with Gasteiger partial charge in [-0.25, -0.2) is 0 Å². The highest BCUT2D eigenvalue weighted by Crippen LogP contribution is 2.12. The first kappa shape index (κ1) is 11.5. The van der Waals surface area contributed by atoms with Crippen LogP contribution >= 0.6 is 0 Å². The van der Waals surface area contributed by atoms with Gasteiger partial charge < -0.3 is 10.2 Å². The van der Waals surface area contributed by atoms with Crippen molar-refractivity contribution in [2.24, 2.45) is 0 Å². The van der Waals surface area contributed by atoms with Crippen molar-refractivity contribution in [1.29, 1.82) is 0 Å². The summed E-state index contributed by atoms with van der Waals surface area (Å²) in [5.41, 5.74) is 0.897. The lowest BCUT2D eigenvalue weighted by Gasteiger charge is -2.19. The number of phenolic OH excluding ortho intramolecular Hbond substituents is 1. The molecule has 2 N–H and O–H groups in total. The number of phenols is 1. The van der Waals surface area contributed by atoms with Crippen molar-refractivity contribution in [2.75, 3.05) is 14.1 Å². The van der Waals surface area contributed by atoms with Gasteiger partial charge in [-0.15, -0.1) is 0 Å². The maximum atomic E-state index is 10.9. The average molecular weight is 209 g/mol. The Bertz CT molecular complexity index is 332. The van der Waals surface area contributed by atoms with Crippen molar-refractivity contribution in [2.45, 2.75) is 12.5 Å². The Morgan fingerprint density at radius 1 is 1.33 bits per heavy atom. The van der Waals surface area contributed by atoms with Crippen molar-refractivity contribution in [3.63, 3.8) is 0 Å². The molecule has 0 bridgehead atoms. The van der Waals surface area contributed by atoms with Crippen molar-refractivity contribution in [3.8, 4) is 5.75 Å². The van der Waals surface area contributed by atoms with Crippen molar-refractivity contribution in [3.05, 3.63) is 29.8 Å². The lowest BCUT2D eigenvalue weighted by atomic mass is 10.1. The lowest BCUT2D eigenvalue weighted by Crippen LogP contribution is -2.37. The van der Waals surface area contributed by atoms with E-state index < -0.39 is 12.0 Å². The summed E-state index contributed by atoms with van der Waals surface area (Å²) in [6, 6.07) is 6.05. The third kappa shape index (κ3) is 3.25. The van der Waals surface area contributed by atoms with Gasteiger partial charge in [0.25, 0.3) is 0 Å². The average Bonchev–Trinajstić information content (AvgIpc) is 2.15. The number of carboxylic acids is 1. The first-order valence-electron chi connectivity index (χ1n) is 4.68. The molecule has 0 aliphatic heterocycles. The fourth-order valence-electron chi connectivity index (χ4n) is 1.35. The third-order valence-electron chi connectivity index (χ3n) is 2.27. The molecular weight excluding hydrogens is 194 g/mol. The summed E-state index contributed by atoms with van der Waals surface area (Å²) in [4.78, 5) is 12.6. The Kier molecular flexibility index (Phi) is 3.68. The molecule has 1 aromatic rings. The van der Waals surface area contributed by atoms with Gasteiger partial charge in [-0.05, 0) is 38.2 Å². The zero-order valence-corrected chi connectivity index (χ0v) is 8.84. The quantitative estimate of drug-likeness (QED) is 0.775. The van der Waals surface area contributed by atoms with Crippen LogP contribution in [0.25, 0.3) is 0 Å². The number of nitrogens with zero attached hydrogens (tertiary/aromatic N) is 1. The number of aliphatic carboxylic acids is 1. The molecule has 0 radical (unpaired) electrons. The molecule has 0 heterocycles. The van der Waals surface area contributed by atoms with Crippen LogP contribution in [-0.2, 0) is 11.2 Å². The van der Waals surface area contributed by atoms with Crippen LogP contribution in [0.15, 0.2) is 24.3 Å². The molecule has 0 amide bonds. The topological polar surface area (TPSA) is 60.8 Å². The molecule has 0 aliphatic carbocycles. The normalized spacial score (nSPS) is 12.7. The van der Waals surface area contributed by atoms with Gasteiger partial charge >= 0.3 is 5.97 Å². The van der Waals surface area contributed by atoms with E-state index in [1.807, 2.05) is 0 Å². The molecule has 0 aliphatic rings. The van der Waals surface area contributed by atoms with Crippen molar-refractivity contribution in [1.82, 2.24) is 4.90 Å². The fourth-order valence-corrected chi connectivity index (χ4v) is 1.35. The maximum absolute atomic E-state index is 10.9. The van der Waals surface area contributed by atoms with Crippen molar-refractivity contribution < 1.29 is 15.0 Å². The molecular formula is C11H15NO3. The SMILES string of the molecule is CN(C)C(Cc1ccc(O)cc1)C(=O)O. The van der Waals surface area contributed by atoms with E-state index >= 15 is 0 Å². The second-order valence-electron chi connectivity index (χ2n) is 3.69. The van der Waals surface area contributed by atoms with Crippen LogP contribution in [-0.4, -0.2) is 41.2 Å². The maximum Gasteiger partial charge on any atom is 0.321 e. The van der Waals surface area contributed by atoms with E-state index in [1.165, 1.54) is 0 Å². The van der Waals surface area contributed by atoms with E-state index in [0.717, 1.165) is 5.56 Å². The molecule has 0 saturated heterocycles. The number of aromatic hydroxyl groups is 1. The third-order valence-corrected chi connectivity index (χ3v) is 2.27. The molecule has 0 saturated carbocycles. The summed E-state index contributed by atoms with van der Waals surface area (Å²) < 4.78 is 0. The standard InChI is InChI=1S/C11H15NO3/c1-12(2)10(11(14)15)7-8-3-5-9(13)6-4-8/h3-6,10,13H,7H2,1-2H3,(H,14,15). The molecule has 1 atom stereocenters. The van der Waals surface area contributed by atoms with E-state index in [9.17, 15) is 4.79 Å². The molecule has 1 rings (SSSR count). The molecule has 4 nitrogen and oxygen atoms in total. The number of likely N-dealkylation sites (N-methyl/N-ethyl adjacent to an activating group) is 1. The number of carboxylic acid groups (broad SMARTS) is 1. The molecule has 82 valence electrons. The summed E-state index contributed by atoms with van der Waals surface area (Å²) in [5.74, 6) is -0.649. The first-order chi connectivity index (χ1) is 7.00. The Labute approximate surface area is 88.8 Å². The van der Waals surface area contributed by atoms with Gasteiger partial charge in [0.1, 0.15) is 11.8 Å². The number of carbonyl (C=O) groups is 1. The van der Waals surface area contributed by atoms with E-state index in [0.29, 0.717) is 6.42 Å². The Morgan fingerprint density at radius 2 is 1.87 bits per heavy atom. The van der Waals surface area contributed by atoms with Gasteiger partial charge in [0, 0.05) is 0 Å². The van der Waals surface area contributed by atoms with Crippen LogP contribution in [0.3, 0.4) is 0 Å². The predicted octanol–water partition coefficient (Wildman–Crippen LogP) is 0.950. The van der Waals surface area contributed by atoms with Crippen LogP contribution in [0, 0.1) is 0 Å². The van der Waals surface area contributed by atoms with E-state index in [1.54, 1.807) is 43.3 Å². The highest BCUT2D eigenvalue weighted by molar-refractivity contribution is 5.73. The first-order valence-corrected chi connectivity index (χ1v) is 4.68. The van der Waals surface area contributed by atoms with Gasteiger partial charge in [0.15, 0.2) is 0 Å². The second-order valence-corrected chi connectivity index (χ2v) is 3.69. The minimum atomic E-state index is -0.840. The minimum absolute atomic E-state index is 0.190. The largest absolute Gasteiger partial charge is 0.508 e. The van der Waals surface area contributed by atoms with Crippen LogP contribution in [0.1, 0.15) is 5.56 Å². The summed E-state index contributed by atoms with van der Waals surface area (Å²) in [6.07, 6.45) is 0.433. The summed E-state index contributed by atoms with van der Waals surface area (Å²) in [6.45, 7) is 0. The van der Waals surface area contributed by atoms with E-state index in [-0.39, 0.29) is 5.75 Å². The van der Waals surface area contributed by atoms with Gasteiger partial charge in [-0.1, -0.05) is 12.1 Å². The second kappa shape index (κ2) is 4.79. The summed E-state index contributed by atoms with van der Waals surface area (Å²) in [7, 11) is 3.47. The summed E-state index contributed by atoms with van der Waals surface area (Å²) >= 11 is 0. The zero-order chi connectivity index (χ0) is 11.4. The fraction of sp³-hybridized carbons (Fsp3) is 0.364. The Balaban J connectivity index is 2.74. The highest BCUT2D eigenvalue weighted by Gasteiger charge is 2.19. The molecule has 0 fully saturated rings. The molecule has 1 unspecified atom stereocenters. The van der Waals surface area contributed by atoms with Crippen LogP contribution in [0.5, 0.6) is 5.75 Å². The van der Waals surface area contributed by atoms with Crippen LogP contribution in [0.4, 0.5) is 0 Å². The van der Waals surface area contributed by atoms with Gasteiger partial charge in [-0.2, -0.15) is 0 Å². The monoisotopic (exact) mass is 209 g/mol. The van der Waals surface area contributed by atoms with E-state index in [2.05, 4.69) is 0 Å². The highest BCUT2D eigenvalue weighted by atomic mass is 16.4. The predicted molar refractivity (Wildman–Crippen MR) is 56.9 cm³/mol. The molecule has 15 heavy (non-hydrogen) atoms. The number of hydrogen-bond acceptors (Lipinski definition) is 3. The van der Waals surface area contributed by atoms with Crippen LogP contribution < -0.4 is 0 Å². The van der Waals surface area contributed by atoms with Crippen LogP contribution in [0.2, 0.25) is 0 Å². The minimum Gasteiger partial charge on any atom is -0.508 e. The molecule has 0 aromatic heterocycles. The molecule has 1 aromatic carbocycles. The van der Waals surface area contributed by atoms with Gasteiger partial charge in [0.05, 0.1) is 0 Å². The zero-order valence-electron chi connectivity index (χ0n) is 8.84. The molecule has 4 heteroatoms. The number of hydrogen-bond donors (Lipinski definition) is 2. The smallest absolute Gasteiger partial charge is 0.321 e. The lowest BCUT2D eigenvalue weighted by molar-refractivity contribution is -0.142. The summed E-state index contributed by atoms with van der Waals surface area (Å²) in [5, 5.41) is 18.1. The Morgan fingerprint density at radius 3 is 2.27 bits per heavy atom. The number of rotatable bonds is 4. The van der Waals surface area contributed by atoms with Crippen molar-refractivity contribution >= 4 is 5.97 Å². The van der Waals surface area contributed by atoms with E-state index in [4.69, 9.17) is 10.2 Å². The van der Waals surface area contributed by atoms with Gasteiger partial charge in [0.2, 0.25) is 0 Å².